The highest BCUT2D eigenvalue weighted by Crippen LogP contribution is 2.41. The van der Waals surface area contributed by atoms with E-state index in [1.807, 2.05) is 18.7 Å². The Morgan fingerprint density at radius 3 is 2.12 bits per heavy atom. The fourth-order valence-corrected chi connectivity index (χ4v) is 9.72. The molecule has 1 aromatic carbocycles. The van der Waals surface area contributed by atoms with Crippen LogP contribution in [-0.4, -0.2) is 106 Å². The maximum Gasteiger partial charge on any atom is 0.257 e. The first-order chi connectivity index (χ1) is 20.6. The molecule has 2 aromatic rings. The van der Waals surface area contributed by atoms with Crippen LogP contribution in [0.5, 0.6) is 0 Å². The lowest BCUT2D eigenvalue weighted by Gasteiger charge is -2.54. The van der Waals surface area contributed by atoms with E-state index in [1.54, 1.807) is 4.31 Å². The van der Waals surface area contributed by atoms with Gasteiger partial charge < -0.3 is 4.90 Å². The Bertz CT molecular complexity index is 1380. The number of piperidine rings is 2. The van der Waals surface area contributed by atoms with Crippen molar-refractivity contribution in [3.63, 3.8) is 0 Å². The smallest absolute Gasteiger partial charge is 0.257 e. The predicted octanol–water partition coefficient (Wildman–Crippen LogP) is 4.04. The molecule has 3 saturated heterocycles. The van der Waals surface area contributed by atoms with Crippen LogP contribution in [0.15, 0.2) is 36.7 Å². The second-order valence-electron chi connectivity index (χ2n) is 13.6. The highest BCUT2D eigenvalue weighted by Gasteiger charge is 2.45. The number of sulfonamides is 1. The number of hydrogen-bond acceptors (Lipinski definition) is 7. The van der Waals surface area contributed by atoms with Gasteiger partial charge >= 0.3 is 0 Å². The van der Waals surface area contributed by atoms with Gasteiger partial charge in [0.25, 0.3) is 5.91 Å². The van der Waals surface area contributed by atoms with Gasteiger partial charge in [0.1, 0.15) is 6.33 Å². The average Bonchev–Trinajstić information content (AvgIpc) is 3.86. The van der Waals surface area contributed by atoms with Crippen LogP contribution in [0.1, 0.15) is 85.7 Å². The van der Waals surface area contributed by atoms with Gasteiger partial charge in [0.05, 0.1) is 22.2 Å². The minimum atomic E-state index is -3.11. The maximum absolute atomic E-state index is 13.4. The fraction of sp³-hybridized carbons (Fsp3) is 0.667. The minimum absolute atomic E-state index is 0.0533. The van der Waals surface area contributed by atoms with Crippen molar-refractivity contribution in [2.24, 2.45) is 5.92 Å². The van der Waals surface area contributed by atoms with E-state index in [0.29, 0.717) is 30.6 Å². The Balaban J connectivity index is 1.11. The molecule has 2 atom stereocenters. The number of aromatic nitrogens is 2. The topological polar surface area (TPSA) is 90.0 Å². The minimum Gasteiger partial charge on any atom is -0.338 e. The Morgan fingerprint density at radius 1 is 0.907 bits per heavy atom. The molecule has 4 fully saturated rings. The molecule has 1 aromatic heterocycles. The van der Waals surface area contributed by atoms with Gasteiger partial charge in [-0.3, -0.25) is 14.6 Å². The molecule has 0 unspecified atom stereocenters. The number of amides is 1. The highest BCUT2D eigenvalue weighted by molar-refractivity contribution is 7.90. The van der Waals surface area contributed by atoms with Gasteiger partial charge in [-0.25, -0.2) is 22.7 Å². The standard InChI is InChI=1S/C33H48N6O3S/c1-24-22-37(33(4)14-18-36(19-15-33)32(40)30-25(2)34-23-35-26(30)3)20-21-39(24)31(27-8-6-5-7-9-27)28-12-16-38(17-13-28)43(41,42)29-10-11-29/h5-9,23-24,28-29,31H,10-22H2,1-4H3/t24-,31-/m0/s1. The van der Waals surface area contributed by atoms with E-state index < -0.39 is 10.0 Å². The summed E-state index contributed by atoms with van der Waals surface area (Å²) < 4.78 is 27.6. The number of aryl methyl sites for hydroxylation is 2. The molecule has 0 radical (unpaired) electrons. The van der Waals surface area contributed by atoms with Crippen LogP contribution in [0.25, 0.3) is 0 Å². The molecular weight excluding hydrogens is 560 g/mol. The van der Waals surface area contributed by atoms with Crippen molar-refractivity contribution in [2.45, 2.75) is 89.1 Å². The highest BCUT2D eigenvalue weighted by atomic mass is 32.2. The molecule has 4 heterocycles. The van der Waals surface area contributed by atoms with Crippen molar-refractivity contribution in [2.75, 3.05) is 45.8 Å². The van der Waals surface area contributed by atoms with Crippen LogP contribution in [0.2, 0.25) is 0 Å². The normalized spacial score (nSPS) is 25.5. The van der Waals surface area contributed by atoms with Crippen LogP contribution in [-0.2, 0) is 10.0 Å². The Morgan fingerprint density at radius 2 is 1.53 bits per heavy atom. The number of piperazine rings is 1. The van der Waals surface area contributed by atoms with Crippen LogP contribution >= 0.6 is 0 Å². The number of carbonyl (C=O) groups excluding carboxylic acids is 1. The van der Waals surface area contributed by atoms with E-state index in [4.69, 9.17) is 0 Å². The van der Waals surface area contributed by atoms with E-state index in [2.05, 4.69) is 63.9 Å². The molecule has 9 nitrogen and oxygen atoms in total. The fourth-order valence-electron chi connectivity index (χ4n) is 7.85. The summed E-state index contributed by atoms with van der Waals surface area (Å²) in [6.45, 7) is 14.3. The van der Waals surface area contributed by atoms with Gasteiger partial charge in [0.2, 0.25) is 10.0 Å². The SMILES string of the molecule is Cc1ncnc(C)c1C(=O)N1CCC(C)(N2CCN([C@@H](c3ccccc3)C3CCN(S(=O)(=O)C4CC4)CC3)[C@@H](C)C2)CC1. The lowest BCUT2D eigenvalue weighted by Crippen LogP contribution is -2.63. The number of nitrogens with zero attached hydrogens (tertiary/aromatic N) is 6. The molecule has 10 heteroatoms. The number of hydrogen-bond donors (Lipinski definition) is 0. The number of likely N-dealkylation sites (tertiary alicyclic amines) is 1. The Labute approximate surface area is 257 Å². The van der Waals surface area contributed by atoms with Crippen LogP contribution in [0.3, 0.4) is 0 Å². The van der Waals surface area contributed by atoms with Crippen LogP contribution < -0.4 is 0 Å². The zero-order valence-corrected chi connectivity index (χ0v) is 27.1. The quantitative estimate of drug-likeness (QED) is 0.469. The van der Waals surface area contributed by atoms with Crippen molar-refractivity contribution in [3.8, 4) is 0 Å². The van der Waals surface area contributed by atoms with Crippen molar-refractivity contribution in [3.05, 3.63) is 59.2 Å². The maximum atomic E-state index is 13.4. The third-order valence-electron chi connectivity index (χ3n) is 10.8. The van der Waals surface area contributed by atoms with Crippen molar-refractivity contribution < 1.29 is 13.2 Å². The molecule has 0 bridgehead atoms. The molecule has 1 saturated carbocycles. The molecule has 43 heavy (non-hydrogen) atoms. The molecule has 3 aliphatic heterocycles. The van der Waals surface area contributed by atoms with Gasteiger partial charge in [0.15, 0.2) is 0 Å². The summed E-state index contributed by atoms with van der Waals surface area (Å²) in [6.07, 6.45) is 6.90. The third-order valence-corrected chi connectivity index (χ3v) is 13.2. The second kappa shape index (κ2) is 12.2. The molecule has 4 aliphatic rings. The van der Waals surface area contributed by atoms with Gasteiger partial charge in [-0.1, -0.05) is 30.3 Å². The van der Waals surface area contributed by atoms with Crippen molar-refractivity contribution in [1.29, 1.82) is 0 Å². The lowest BCUT2D eigenvalue weighted by atomic mass is 9.82. The van der Waals surface area contributed by atoms with Crippen LogP contribution in [0.4, 0.5) is 0 Å². The van der Waals surface area contributed by atoms with E-state index in [1.165, 1.54) is 11.9 Å². The summed E-state index contributed by atoms with van der Waals surface area (Å²) in [5, 5.41) is -0.131. The van der Waals surface area contributed by atoms with Gasteiger partial charge in [-0.05, 0) is 77.7 Å². The molecule has 0 spiro atoms. The third kappa shape index (κ3) is 6.13. The number of rotatable bonds is 7. The predicted molar refractivity (Wildman–Crippen MR) is 168 cm³/mol. The van der Waals surface area contributed by atoms with Crippen LogP contribution in [0, 0.1) is 19.8 Å². The molecule has 1 aliphatic carbocycles. The summed E-state index contributed by atoms with van der Waals surface area (Å²) in [5.74, 6) is 0.485. The first-order valence-electron chi connectivity index (χ1n) is 16.2. The lowest BCUT2D eigenvalue weighted by molar-refractivity contribution is -0.0421. The van der Waals surface area contributed by atoms with E-state index in [-0.39, 0.29) is 22.7 Å². The van der Waals surface area contributed by atoms with Gasteiger partial charge in [-0.15, -0.1) is 0 Å². The van der Waals surface area contributed by atoms with E-state index in [9.17, 15) is 13.2 Å². The number of benzene rings is 1. The van der Waals surface area contributed by atoms with Gasteiger partial charge in [0, 0.05) is 63.4 Å². The van der Waals surface area contributed by atoms with E-state index >= 15 is 0 Å². The molecule has 0 N–H and O–H groups in total. The van der Waals surface area contributed by atoms with Gasteiger partial charge in [-0.2, -0.15) is 0 Å². The molecule has 234 valence electrons. The number of carbonyl (C=O) groups is 1. The molecular formula is C33H48N6O3S. The Kier molecular flexibility index (Phi) is 8.67. The first kappa shape index (κ1) is 30.6. The molecule has 6 rings (SSSR count). The summed E-state index contributed by atoms with van der Waals surface area (Å²) in [6, 6.07) is 11.5. The zero-order chi connectivity index (χ0) is 30.4. The largest absolute Gasteiger partial charge is 0.338 e. The first-order valence-corrected chi connectivity index (χ1v) is 17.7. The van der Waals surface area contributed by atoms with E-state index in [0.717, 1.165) is 82.6 Å². The summed E-state index contributed by atoms with van der Waals surface area (Å²) in [5.41, 5.74) is 3.55. The summed E-state index contributed by atoms with van der Waals surface area (Å²) in [7, 11) is -3.11. The summed E-state index contributed by atoms with van der Waals surface area (Å²) >= 11 is 0. The zero-order valence-electron chi connectivity index (χ0n) is 26.3. The Hall–Kier alpha value is -2.40. The summed E-state index contributed by atoms with van der Waals surface area (Å²) in [4.78, 5) is 29.3. The average molecular weight is 609 g/mol. The second-order valence-corrected chi connectivity index (χ2v) is 15.8. The van der Waals surface area contributed by atoms with Crippen molar-refractivity contribution >= 4 is 15.9 Å². The van der Waals surface area contributed by atoms with Crippen molar-refractivity contribution in [1.82, 2.24) is 29.0 Å². The monoisotopic (exact) mass is 608 g/mol. The molecule has 1 amide bonds.